The number of halogens is 6. The van der Waals surface area contributed by atoms with Crippen LogP contribution in [0.2, 0.25) is 0 Å². The first-order chi connectivity index (χ1) is 8.05. The second kappa shape index (κ2) is 4.77. The lowest BCUT2D eigenvalue weighted by Crippen LogP contribution is -2.39. The van der Waals surface area contributed by atoms with Crippen molar-refractivity contribution in [1.82, 2.24) is 0 Å². The molecule has 102 valence electrons. The lowest BCUT2D eigenvalue weighted by atomic mass is 9.96. The predicted octanol–water partition coefficient (Wildman–Crippen LogP) is 2.63. The monoisotopic (exact) mass is 273 g/mol. The summed E-state index contributed by atoms with van der Waals surface area (Å²) in [6.45, 7) is 0. The van der Waals surface area contributed by atoms with Crippen molar-refractivity contribution < 1.29 is 31.4 Å². The van der Waals surface area contributed by atoms with E-state index in [1.165, 1.54) is 0 Å². The molecule has 1 aromatic rings. The van der Waals surface area contributed by atoms with Crippen LogP contribution in [0.5, 0.6) is 0 Å². The summed E-state index contributed by atoms with van der Waals surface area (Å²) >= 11 is 0. The van der Waals surface area contributed by atoms with Gasteiger partial charge in [-0.05, 0) is 11.6 Å². The molecule has 8 heteroatoms. The lowest BCUT2D eigenvalue weighted by molar-refractivity contribution is -0.211. The molecule has 0 aliphatic heterocycles. The smallest absolute Gasteiger partial charge is 0.382 e. The summed E-state index contributed by atoms with van der Waals surface area (Å²) < 4.78 is 74.3. The van der Waals surface area contributed by atoms with E-state index in [0.29, 0.717) is 6.07 Å². The minimum absolute atomic E-state index is 0.609. The number of alkyl halides is 6. The Labute approximate surface area is 98.0 Å². The topological polar surface area (TPSA) is 46.2 Å². The Bertz CT molecular complexity index is 414. The van der Waals surface area contributed by atoms with Crippen LogP contribution >= 0.6 is 0 Å². The summed E-state index contributed by atoms with van der Waals surface area (Å²) in [4.78, 5) is 0. The number of nitrogens with two attached hydrogens (primary N) is 1. The molecule has 0 aliphatic carbocycles. The van der Waals surface area contributed by atoms with Crippen molar-refractivity contribution in [1.29, 1.82) is 0 Å². The van der Waals surface area contributed by atoms with Gasteiger partial charge in [0.25, 0.3) is 0 Å². The van der Waals surface area contributed by atoms with Gasteiger partial charge in [-0.15, -0.1) is 0 Å². The Balaban J connectivity index is 3.18. The van der Waals surface area contributed by atoms with Gasteiger partial charge in [0.15, 0.2) is 6.10 Å². The van der Waals surface area contributed by atoms with Gasteiger partial charge in [0.2, 0.25) is 0 Å². The number of hydrogen-bond donors (Lipinski definition) is 2. The summed E-state index contributed by atoms with van der Waals surface area (Å²) in [7, 11) is 0. The average molecular weight is 273 g/mol. The van der Waals surface area contributed by atoms with Gasteiger partial charge in [0, 0.05) is 0 Å². The van der Waals surface area contributed by atoms with Crippen molar-refractivity contribution in [2.45, 2.75) is 24.5 Å². The zero-order valence-corrected chi connectivity index (χ0v) is 8.76. The number of aliphatic hydroxyl groups excluding tert-OH is 1. The van der Waals surface area contributed by atoms with Crippen molar-refractivity contribution in [3.8, 4) is 0 Å². The van der Waals surface area contributed by atoms with Gasteiger partial charge in [0.05, 0.1) is 11.6 Å². The SMILES string of the molecule is N[C@H](c1ccccc1C(F)(F)F)[C@@H](O)C(F)(F)F. The molecule has 0 unspecified atom stereocenters. The maximum absolute atomic E-state index is 12.6. The maximum atomic E-state index is 12.6. The van der Waals surface area contributed by atoms with Gasteiger partial charge >= 0.3 is 12.4 Å². The van der Waals surface area contributed by atoms with Crippen LogP contribution in [0.3, 0.4) is 0 Å². The Morgan fingerprint density at radius 1 is 1.00 bits per heavy atom. The zero-order chi connectivity index (χ0) is 14.1. The third-order valence-corrected chi connectivity index (χ3v) is 2.30. The third-order valence-electron chi connectivity index (χ3n) is 2.30. The molecule has 2 nitrogen and oxygen atoms in total. The van der Waals surface area contributed by atoms with Crippen LogP contribution in [-0.4, -0.2) is 17.4 Å². The van der Waals surface area contributed by atoms with Crippen LogP contribution < -0.4 is 5.73 Å². The Kier molecular flexibility index (Phi) is 3.92. The summed E-state index contributed by atoms with van der Waals surface area (Å²) in [6, 6.07) is 1.37. The normalized spacial score (nSPS) is 16.4. The molecule has 0 saturated carbocycles. The van der Waals surface area contributed by atoms with Crippen LogP contribution in [0.15, 0.2) is 24.3 Å². The summed E-state index contributed by atoms with van der Waals surface area (Å²) in [5.74, 6) is 0. The molecule has 0 heterocycles. The largest absolute Gasteiger partial charge is 0.416 e. The van der Waals surface area contributed by atoms with E-state index in [1.807, 2.05) is 0 Å². The molecule has 0 amide bonds. The van der Waals surface area contributed by atoms with Gasteiger partial charge in [-0.25, -0.2) is 0 Å². The zero-order valence-electron chi connectivity index (χ0n) is 8.76. The molecule has 0 aromatic heterocycles. The fourth-order valence-electron chi connectivity index (χ4n) is 1.42. The fourth-order valence-corrected chi connectivity index (χ4v) is 1.42. The van der Waals surface area contributed by atoms with E-state index in [2.05, 4.69) is 0 Å². The molecule has 0 radical (unpaired) electrons. The first kappa shape index (κ1) is 14.8. The minimum Gasteiger partial charge on any atom is -0.382 e. The van der Waals surface area contributed by atoms with Gasteiger partial charge in [0.1, 0.15) is 0 Å². The second-order valence-electron chi connectivity index (χ2n) is 3.60. The molecule has 0 aliphatic rings. The molecule has 3 N–H and O–H groups in total. The molecule has 1 rings (SSSR count). The van der Waals surface area contributed by atoms with Crippen LogP contribution in [0.25, 0.3) is 0 Å². The molecular formula is C10H9F6NO. The van der Waals surface area contributed by atoms with Crippen LogP contribution in [0.4, 0.5) is 26.3 Å². The molecule has 0 saturated heterocycles. The van der Waals surface area contributed by atoms with Crippen LogP contribution in [-0.2, 0) is 6.18 Å². The maximum Gasteiger partial charge on any atom is 0.416 e. The Morgan fingerprint density at radius 3 is 1.94 bits per heavy atom. The van der Waals surface area contributed by atoms with Gasteiger partial charge in [-0.1, -0.05) is 18.2 Å². The molecular weight excluding hydrogens is 264 g/mol. The molecule has 18 heavy (non-hydrogen) atoms. The highest BCUT2D eigenvalue weighted by atomic mass is 19.4. The highest BCUT2D eigenvalue weighted by Crippen LogP contribution is 2.37. The lowest BCUT2D eigenvalue weighted by Gasteiger charge is -2.24. The van der Waals surface area contributed by atoms with Crippen LogP contribution in [0.1, 0.15) is 17.2 Å². The highest BCUT2D eigenvalue weighted by Gasteiger charge is 2.45. The van der Waals surface area contributed by atoms with Crippen LogP contribution in [0, 0.1) is 0 Å². The first-order valence-corrected chi connectivity index (χ1v) is 4.71. The minimum atomic E-state index is -5.09. The molecule has 0 bridgehead atoms. The number of benzene rings is 1. The van der Waals surface area contributed by atoms with Gasteiger partial charge < -0.3 is 10.8 Å². The Morgan fingerprint density at radius 2 is 1.50 bits per heavy atom. The summed E-state index contributed by atoms with van der Waals surface area (Å²) in [5, 5.41) is 8.88. The first-order valence-electron chi connectivity index (χ1n) is 4.71. The van der Waals surface area contributed by atoms with E-state index in [0.717, 1.165) is 18.2 Å². The molecule has 1 aromatic carbocycles. The van der Waals surface area contributed by atoms with E-state index in [9.17, 15) is 26.3 Å². The summed E-state index contributed by atoms with van der Waals surface area (Å²) in [5.41, 5.74) is 2.96. The van der Waals surface area contributed by atoms with E-state index >= 15 is 0 Å². The van der Waals surface area contributed by atoms with Gasteiger partial charge in [-0.3, -0.25) is 0 Å². The van der Waals surface area contributed by atoms with Crippen molar-refractivity contribution in [3.63, 3.8) is 0 Å². The Hall–Kier alpha value is -1.28. The fraction of sp³-hybridized carbons (Fsp3) is 0.400. The van der Waals surface area contributed by atoms with Gasteiger partial charge in [-0.2, -0.15) is 26.3 Å². The van der Waals surface area contributed by atoms with E-state index in [4.69, 9.17) is 10.8 Å². The molecule has 0 fully saturated rings. The third kappa shape index (κ3) is 3.14. The quantitative estimate of drug-likeness (QED) is 0.814. The van der Waals surface area contributed by atoms with E-state index in [1.54, 1.807) is 0 Å². The molecule has 0 spiro atoms. The van der Waals surface area contributed by atoms with E-state index < -0.39 is 35.6 Å². The molecule has 2 atom stereocenters. The van der Waals surface area contributed by atoms with Crippen molar-refractivity contribution >= 4 is 0 Å². The average Bonchev–Trinajstić information content (AvgIpc) is 2.24. The number of hydrogen-bond acceptors (Lipinski definition) is 2. The van der Waals surface area contributed by atoms with Crippen molar-refractivity contribution in [3.05, 3.63) is 35.4 Å². The summed E-state index contributed by atoms with van der Waals surface area (Å²) in [6.07, 6.45) is -13.0. The number of aliphatic hydroxyl groups is 1. The second-order valence-corrected chi connectivity index (χ2v) is 3.60. The standard InChI is InChI=1S/C10H9F6NO/c11-9(12,13)6-4-2-1-3-5(6)7(17)8(18)10(14,15)16/h1-4,7-8,18H,17H2/t7-,8-/m1/s1. The van der Waals surface area contributed by atoms with E-state index in [-0.39, 0.29) is 0 Å². The van der Waals surface area contributed by atoms with Crippen molar-refractivity contribution in [2.75, 3.05) is 0 Å². The highest BCUT2D eigenvalue weighted by molar-refractivity contribution is 5.33. The van der Waals surface area contributed by atoms with Crippen molar-refractivity contribution in [2.24, 2.45) is 5.73 Å². The predicted molar refractivity (Wildman–Crippen MR) is 50.4 cm³/mol. The number of rotatable bonds is 2.